The van der Waals surface area contributed by atoms with E-state index in [4.69, 9.17) is 5.73 Å². The van der Waals surface area contributed by atoms with Crippen molar-refractivity contribution < 1.29 is 4.79 Å². The summed E-state index contributed by atoms with van der Waals surface area (Å²) in [6, 6.07) is -0.317. The first-order valence-electron chi connectivity index (χ1n) is 5.72. The van der Waals surface area contributed by atoms with Crippen molar-refractivity contribution in [3.63, 3.8) is 0 Å². The molecule has 0 aliphatic heterocycles. The van der Waals surface area contributed by atoms with Crippen LogP contribution >= 0.6 is 11.8 Å². The number of thioether (sulfide) groups is 1. The highest BCUT2D eigenvalue weighted by Crippen LogP contribution is 2.46. The lowest BCUT2D eigenvalue weighted by Crippen LogP contribution is -2.43. The van der Waals surface area contributed by atoms with Crippen molar-refractivity contribution in [1.29, 1.82) is 0 Å². The van der Waals surface area contributed by atoms with Crippen molar-refractivity contribution in [2.75, 3.05) is 12.8 Å². The third-order valence-electron chi connectivity index (χ3n) is 3.03. The molecule has 1 aliphatic rings. The van der Waals surface area contributed by atoms with Crippen LogP contribution in [-0.4, -0.2) is 29.5 Å². The topological polar surface area (TPSA) is 55.1 Å². The molecule has 0 aromatic rings. The van der Waals surface area contributed by atoms with E-state index in [1.165, 1.54) is 12.8 Å². The molecule has 0 spiro atoms. The molecule has 1 amide bonds. The number of rotatable bonds is 7. The number of hydrogen-bond acceptors (Lipinski definition) is 3. The van der Waals surface area contributed by atoms with Crippen molar-refractivity contribution in [2.45, 2.75) is 49.8 Å². The monoisotopic (exact) mass is 230 g/mol. The van der Waals surface area contributed by atoms with Gasteiger partial charge in [0.15, 0.2) is 0 Å². The van der Waals surface area contributed by atoms with Gasteiger partial charge in [-0.3, -0.25) is 4.79 Å². The minimum absolute atomic E-state index is 0.0174. The van der Waals surface area contributed by atoms with Gasteiger partial charge in [0.25, 0.3) is 0 Å². The summed E-state index contributed by atoms with van der Waals surface area (Å²) < 4.78 is 0.333. The molecule has 0 saturated heterocycles. The zero-order valence-corrected chi connectivity index (χ0v) is 10.5. The van der Waals surface area contributed by atoms with E-state index in [0.29, 0.717) is 4.75 Å². The quantitative estimate of drug-likeness (QED) is 0.697. The number of carbonyl (C=O) groups is 1. The molecule has 0 heterocycles. The number of unbranched alkanes of at least 4 members (excludes halogenated alkanes) is 1. The Bertz CT molecular complexity index is 217. The molecule has 0 aromatic carbocycles. The smallest absolute Gasteiger partial charge is 0.236 e. The molecule has 0 radical (unpaired) electrons. The van der Waals surface area contributed by atoms with E-state index in [0.717, 1.165) is 25.8 Å². The van der Waals surface area contributed by atoms with Gasteiger partial charge in [-0.25, -0.2) is 0 Å². The molecule has 1 atom stereocenters. The van der Waals surface area contributed by atoms with Gasteiger partial charge in [-0.1, -0.05) is 19.8 Å². The molecular formula is C11H22N2OS. The van der Waals surface area contributed by atoms with Crippen LogP contribution in [0.25, 0.3) is 0 Å². The van der Waals surface area contributed by atoms with Gasteiger partial charge in [0, 0.05) is 11.3 Å². The second-order valence-electron chi connectivity index (χ2n) is 4.35. The van der Waals surface area contributed by atoms with Crippen LogP contribution in [-0.2, 0) is 4.79 Å². The van der Waals surface area contributed by atoms with E-state index >= 15 is 0 Å². The molecule has 1 rings (SSSR count). The molecule has 1 saturated carbocycles. The fourth-order valence-corrected chi connectivity index (χ4v) is 2.25. The lowest BCUT2D eigenvalue weighted by Gasteiger charge is -2.16. The maximum Gasteiger partial charge on any atom is 0.236 e. The van der Waals surface area contributed by atoms with Gasteiger partial charge in [-0.05, 0) is 25.5 Å². The molecule has 3 N–H and O–H groups in total. The van der Waals surface area contributed by atoms with Crippen LogP contribution in [0.4, 0.5) is 0 Å². The maximum atomic E-state index is 11.6. The van der Waals surface area contributed by atoms with E-state index in [2.05, 4.69) is 18.5 Å². The molecule has 0 bridgehead atoms. The Balaban J connectivity index is 2.17. The average Bonchev–Trinajstić information content (AvgIpc) is 3.03. The molecule has 1 aliphatic carbocycles. The summed E-state index contributed by atoms with van der Waals surface area (Å²) in [7, 11) is 0. The first-order chi connectivity index (χ1) is 7.13. The third kappa shape index (κ3) is 4.03. The zero-order valence-electron chi connectivity index (χ0n) is 9.71. The minimum atomic E-state index is -0.317. The SMILES string of the molecule is CCCCC(N)C(=O)NCC1(SC)CC1. The highest BCUT2D eigenvalue weighted by Gasteiger charge is 2.42. The Morgan fingerprint density at radius 1 is 1.60 bits per heavy atom. The van der Waals surface area contributed by atoms with Gasteiger partial charge in [-0.2, -0.15) is 11.8 Å². The van der Waals surface area contributed by atoms with Crippen LogP contribution in [0, 0.1) is 0 Å². The van der Waals surface area contributed by atoms with Gasteiger partial charge < -0.3 is 11.1 Å². The fraction of sp³-hybridized carbons (Fsp3) is 0.909. The summed E-state index contributed by atoms with van der Waals surface area (Å²) in [6.45, 7) is 2.89. The Morgan fingerprint density at radius 2 is 2.27 bits per heavy atom. The second kappa shape index (κ2) is 5.75. The molecule has 1 unspecified atom stereocenters. The summed E-state index contributed by atoms with van der Waals surface area (Å²) in [5, 5.41) is 2.96. The Kier molecular flexibility index (Phi) is 4.93. The first-order valence-corrected chi connectivity index (χ1v) is 6.94. The third-order valence-corrected chi connectivity index (χ3v) is 4.45. The van der Waals surface area contributed by atoms with E-state index in [9.17, 15) is 4.79 Å². The molecule has 0 aromatic heterocycles. The number of nitrogens with two attached hydrogens (primary N) is 1. The van der Waals surface area contributed by atoms with Crippen LogP contribution in [0.15, 0.2) is 0 Å². The largest absolute Gasteiger partial charge is 0.353 e. The second-order valence-corrected chi connectivity index (χ2v) is 5.63. The molecule has 1 fully saturated rings. The van der Waals surface area contributed by atoms with Gasteiger partial charge in [0.2, 0.25) is 5.91 Å². The zero-order chi connectivity index (χ0) is 11.3. The molecule has 15 heavy (non-hydrogen) atoms. The normalized spacial score (nSPS) is 19.7. The summed E-state index contributed by atoms with van der Waals surface area (Å²) in [6.07, 6.45) is 7.47. The van der Waals surface area contributed by atoms with Gasteiger partial charge >= 0.3 is 0 Å². The Labute approximate surface area is 96.6 Å². The van der Waals surface area contributed by atoms with Crippen molar-refractivity contribution >= 4 is 17.7 Å². The minimum Gasteiger partial charge on any atom is -0.353 e. The molecule has 88 valence electrons. The fourth-order valence-electron chi connectivity index (χ4n) is 1.53. The highest BCUT2D eigenvalue weighted by molar-refractivity contribution is 8.00. The number of hydrogen-bond donors (Lipinski definition) is 2. The van der Waals surface area contributed by atoms with Gasteiger partial charge in [-0.15, -0.1) is 0 Å². The van der Waals surface area contributed by atoms with Crippen LogP contribution in [0.2, 0.25) is 0 Å². The Hall–Kier alpha value is -0.220. The predicted octanol–water partition coefficient (Wildman–Crippen LogP) is 1.52. The van der Waals surface area contributed by atoms with Crippen LogP contribution < -0.4 is 11.1 Å². The highest BCUT2D eigenvalue weighted by atomic mass is 32.2. The van der Waals surface area contributed by atoms with Gasteiger partial charge in [0.05, 0.1) is 6.04 Å². The maximum absolute atomic E-state index is 11.6. The van der Waals surface area contributed by atoms with Crippen molar-refractivity contribution in [3.05, 3.63) is 0 Å². The lowest BCUT2D eigenvalue weighted by molar-refractivity contribution is -0.122. The van der Waals surface area contributed by atoms with Crippen molar-refractivity contribution in [2.24, 2.45) is 5.73 Å². The summed E-state index contributed by atoms with van der Waals surface area (Å²) in [5.41, 5.74) is 5.78. The lowest BCUT2D eigenvalue weighted by atomic mass is 10.1. The molecule has 3 nitrogen and oxygen atoms in total. The van der Waals surface area contributed by atoms with Crippen LogP contribution in [0.5, 0.6) is 0 Å². The predicted molar refractivity (Wildman–Crippen MR) is 66.0 cm³/mol. The van der Waals surface area contributed by atoms with Crippen molar-refractivity contribution in [3.8, 4) is 0 Å². The summed E-state index contributed by atoms with van der Waals surface area (Å²) >= 11 is 1.85. The van der Waals surface area contributed by atoms with Gasteiger partial charge in [0.1, 0.15) is 0 Å². The van der Waals surface area contributed by atoms with Crippen LogP contribution in [0.3, 0.4) is 0 Å². The van der Waals surface area contributed by atoms with E-state index < -0.39 is 0 Å². The summed E-state index contributed by atoms with van der Waals surface area (Å²) in [4.78, 5) is 11.6. The van der Waals surface area contributed by atoms with Crippen molar-refractivity contribution in [1.82, 2.24) is 5.32 Å². The molecule has 4 heteroatoms. The Morgan fingerprint density at radius 3 is 2.73 bits per heavy atom. The van der Waals surface area contributed by atoms with E-state index in [1.54, 1.807) is 0 Å². The molecular weight excluding hydrogens is 208 g/mol. The van der Waals surface area contributed by atoms with E-state index in [-0.39, 0.29) is 11.9 Å². The number of amides is 1. The number of carbonyl (C=O) groups excluding carboxylic acids is 1. The number of nitrogens with one attached hydrogen (secondary N) is 1. The first kappa shape index (κ1) is 12.8. The average molecular weight is 230 g/mol. The standard InChI is InChI=1S/C11H22N2OS/c1-3-4-5-9(12)10(14)13-8-11(15-2)6-7-11/h9H,3-8,12H2,1-2H3,(H,13,14). The van der Waals surface area contributed by atoms with Crippen LogP contribution in [0.1, 0.15) is 39.0 Å². The summed E-state index contributed by atoms with van der Waals surface area (Å²) in [5.74, 6) is 0.0174. The van der Waals surface area contributed by atoms with E-state index in [1.807, 2.05) is 11.8 Å².